The molecule has 3 aromatic carbocycles. The Hall–Kier alpha value is -3.41. The Kier molecular flexibility index (Phi) is 8.12. The zero-order valence-corrected chi connectivity index (χ0v) is 19.4. The zero-order chi connectivity index (χ0) is 23.8. The summed E-state index contributed by atoms with van der Waals surface area (Å²) in [6, 6.07) is 26.5. The minimum atomic E-state index is -0.967. The molecule has 0 spiro atoms. The fraction of sp³-hybridized carbons (Fsp3) is 0.276. The van der Waals surface area contributed by atoms with Gasteiger partial charge in [0.2, 0.25) is 0 Å². The van der Waals surface area contributed by atoms with Crippen LogP contribution in [0.25, 0.3) is 6.08 Å². The van der Waals surface area contributed by atoms with Gasteiger partial charge in [0, 0.05) is 11.6 Å². The van der Waals surface area contributed by atoms with Crippen molar-refractivity contribution in [3.8, 4) is 5.75 Å². The molecule has 0 aromatic heterocycles. The molecule has 0 amide bonds. The predicted octanol–water partition coefficient (Wildman–Crippen LogP) is 5.96. The molecule has 0 radical (unpaired) electrons. The maximum Gasteiger partial charge on any atom is 0.341 e. The van der Waals surface area contributed by atoms with Crippen LogP contribution in [0.2, 0.25) is 0 Å². The van der Waals surface area contributed by atoms with E-state index in [0.29, 0.717) is 5.75 Å². The van der Waals surface area contributed by atoms with E-state index in [1.807, 2.05) is 48.5 Å². The molecule has 34 heavy (non-hydrogen) atoms. The molecule has 3 aromatic rings. The van der Waals surface area contributed by atoms with Crippen LogP contribution in [0.3, 0.4) is 0 Å². The van der Waals surface area contributed by atoms with Crippen molar-refractivity contribution < 1.29 is 19.5 Å². The molecule has 1 aliphatic carbocycles. The summed E-state index contributed by atoms with van der Waals surface area (Å²) in [5.74, 6) is -0.303. The Balaban J connectivity index is 1.44. The Labute approximate surface area is 201 Å². The lowest BCUT2D eigenvalue weighted by molar-refractivity contribution is -0.139. The van der Waals surface area contributed by atoms with Crippen LogP contribution in [0.1, 0.15) is 54.5 Å². The molecule has 0 saturated carbocycles. The first-order valence-corrected chi connectivity index (χ1v) is 11.8. The van der Waals surface area contributed by atoms with Gasteiger partial charge in [-0.2, -0.15) is 5.48 Å². The fourth-order valence-corrected chi connectivity index (χ4v) is 4.33. The Morgan fingerprint density at radius 3 is 2.24 bits per heavy atom. The summed E-state index contributed by atoms with van der Waals surface area (Å²) in [5.41, 5.74) is 9.10. The number of nitrogens with one attached hydrogen (secondary N) is 1. The Morgan fingerprint density at radius 2 is 1.62 bits per heavy atom. The van der Waals surface area contributed by atoms with Gasteiger partial charge >= 0.3 is 5.97 Å². The second kappa shape index (κ2) is 11.6. The van der Waals surface area contributed by atoms with Crippen molar-refractivity contribution in [2.75, 3.05) is 6.61 Å². The average Bonchev–Trinajstić information content (AvgIpc) is 2.88. The highest BCUT2D eigenvalue weighted by Gasteiger charge is 2.20. The molecular formula is C29H31NO4. The standard InChI is InChI=1S/C29H31NO4/c1-2-25(30-34-29(22-10-5-3-6-11-22)23-12-7-4-8-13-23)19-21-16-17-26-24(18-21)14-9-15-27(26)33-20-28(31)32/h3-15,18,25,29-30H,2,16-17,19-20H2,1H3,(H,31,32). The van der Waals surface area contributed by atoms with Crippen LogP contribution >= 0.6 is 0 Å². The van der Waals surface area contributed by atoms with Crippen LogP contribution in [0.15, 0.2) is 84.4 Å². The van der Waals surface area contributed by atoms with E-state index in [4.69, 9.17) is 14.7 Å². The lowest BCUT2D eigenvalue weighted by Gasteiger charge is -2.26. The van der Waals surface area contributed by atoms with E-state index in [0.717, 1.165) is 47.9 Å². The number of hydroxylamine groups is 1. The van der Waals surface area contributed by atoms with Crippen LogP contribution in [0.4, 0.5) is 0 Å². The van der Waals surface area contributed by atoms with Crippen molar-refractivity contribution in [2.45, 2.75) is 44.8 Å². The van der Waals surface area contributed by atoms with Crippen LogP contribution in [-0.4, -0.2) is 23.7 Å². The van der Waals surface area contributed by atoms with Crippen molar-refractivity contribution in [3.05, 3.63) is 107 Å². The van der Waals surface area contributed by atoms with E-state index in [1.54, 1.807) is 0 Å². The molecule has 5 heteroatoms. The van der Waals surface area contributed by atoms with Gasteiger partial charge in [-0.15, -0.1) is 0 Å². The van der Waals surface area contributed by atoms with Crippen LogP contribution in [0.5, 0.6) is 5.75 Å². The number of carbonyl (C=O) groups is 1. The minimum Gasteiger partial charge on any atom is -0.482 e. The second-order valence-electron chi connectivity index (χ2n) is 8.56. The number of rotatable bonds is 11. The van der Waals surface area contributed by atoms with Crippen molar-refractivity contribution in [1.82, 2.24) is 5.48 Å². The number of hydrogen-bond donors (Lipinski definition) is 2. The van der Waals surface area contributed by atoms with Crippen molar-refractivity contribution >= 4 is 12.0 Å². The van der Waals surface area contributed by atoms with Gasteiger partial charge in [-0.05, 0) is 48.4 Å². The molecule has 1 aliphatic rings. The first-order chi connectivity index (χ1) is 16.6. The van der Waals surface area contributed by atoms with Crippen LogP contribution in [-0.2, 0) is 16.1 Å². The third kappa shape index (κ3) is 6.13. The third-order valence-electron chi connectivity index (χ3n) is 6.13. The van der Waals surface area contributed by atoms with Gasteiger partial charge in [0.15, 0.2) is 6.61 Å². The smallest absolute Gasteiger partial charge is 0.341 e. The zero-order valence-electron chi connectivity index (χ0n) is 19.4. The molecule has 4 rings (SSSR count). The minimum absolute atomic E-state index is 0.175. The molecule has 0 fully saturated rings. The van der Waals surface area contributed by atoms with Gasteiger partial charge in [-0.1, -0.05) is 91.4 Å². The lowest BCUT2D eigenvalue weighted by Crippen LogP contribution is -2.31. The fourth-order valence-electron chi connectivity index (χ4n) is 4.33. The first-order valence-electron chi connectivity index (χ1n) is 11.8. The number of carboxylic acid groups (broad SMARTS) is 1. The molecule has 1 unspecified atom stereocenters. The molecule has 0 aliphatic heterocycles. The predicted molar refractivity (Wildman–Crippen MR) is 134 cm³/mol. The van der Waals surface area contributed by atoms with E-state index in [9.17, 15) is 4.79 Å². The third-order valence-corrected chi connectivity index (χ3v) is 6.13. The van der Waals surface area contributed by atoms with E-state index >= 15 is 0 Å². The molecular weight excluding hydrogens is 426 g/mol. The molecule has 5 nitrogen and oxygen atoms in total. The number of carboxylic acids is 1. The van der Waals surface area contributed by atoms with Gasteiger partial charge in [0.05, 0.1) is 0 Å². The maximum atomic E-state index is 10.9. The van der Waals surface area contributed by atoms with Crippen LogP contribution < -0.4 is 10.2 Å². The molecule has 176 valence electrons. The highest BCUT2D eigenvalue weighted by atomic mass is 16.7. The highest BCUT2D eigenvalue weighted by molar-refractivity contribution is 5.69. The summed E-state index contributed by atoms with van der Waals surface area (Å²) in [5, 5.41) is 8.93. The molecule has 0 saturated heterocycles. The van der Waals surface area contributed by atoms with Gasteiger partial charge < -0.3 is 9.84 Å². The Bertz CT molecular complexity index is 1070. The van der Waals surface area contributed by atoms with E-state index in [-0.39, 0.29) is 18.8 Å². The number of aliphatic carboxylic acids is 1. The van der Waals surface area contributed by atoms with E-state index in [1.165, 1.54) is 5.57 Å². The topological polar surface area (TPSA) is 67.8 Å². The number of benzene rings is 3. The lowest BCUT2D eigenvalue weighted by atomic mass is 9.88. The summed E-state index contributed by atoms with van der Waals surface area (Å²) in [6.45, 7) is 1.84. The second-order valence-corrected chi connectivity index (χ2v) is 8.56. The van der Waals surface area contributed by atoms with E-state index < -0.39 is 5.97 Å². The largest absolute Gasteiger partial charge is 0.482 e. The molecule has 0 heterocycles. The van der Waals surface area contributed by atoms with Gasteiger partial charge in [0.1, 0.15) is 11.9 Å². The summed E-state index contributed by atoms with van der Waals surface area (Å²) in [4.78, 5) is 17.2. The first kappa shape index (κ1) is 23.7. The monoisotopic (exact) mass is 457 g/mol. The molecule has 2 N–H and O–H groups in total. The average molecular weight is 458 g/mol. The summed E-state index contributed by atoms with van der Waals surface area (Å²) in [6.07, 6.45) is 5.59. The van der Waals surface area contributed by atoms with Crippen LogP contribution in [0, 0.1) is 0 Å². The van der Waals surface area contributed by atoms with Gasteiger partial charge in [0.25, 0.3) is 0 Å². The normalized spacial score (nSPS) is 13.8. The van der Waals surface area contributed by atoms with E-state index in [2.05, 4.69) is 48.8 Å². The molecule has 1 atom stereocenters. The quantitative estimate of drug-likeness (QED) is 0.348. The highest BCUT2D eigenvalue weighted by Crippen LogP contribution is 2.33. The summed E-state index contributed by atoms with van der Waals surface area (Å²) >= 11 is 0. The number of fused-ring (bicyclic) bond motifs is 1. The van der Waals surface area contributed by atoms with Crippen molar-refractivity contribution in [1.29, 1.82) is 0 Å². The number of hydrogen-bond acceptors (Lipinski definition) is 4. The SMILES string of the molecule is CCC(CC1=Cc2cccc(OCC(=O)O)c2CC1)NOC(c1ccccc1)c1ccccc1. The maximum absolute atomic E-state index is 10.9. The van der Waals surface area contributed by atoms with Crippen molar-refractivity contribution in [2.24, 2.45) is 0 Å². The van der Waals surface area contributed by atoms with Crippen molar-refractivity contribution in [3.63, 3.8) is 0 Å². The summed E-state index contributed by atoms with van der Waals surface area (Å²) in [7, 11) is 0. The Morgan fingerprint density at radius 1 is 0.941 bits per heavy atom. The number of ether oxygens (including phenoxy) is 1. The van der Waals surface area contributed by atoms with Gasteiger partial charge in [-0.3, -0.25) is 4.84 Å². The molecule has 0 bridgehead atoms. The summed E-state index contributed by atoms with van der Waals surface area (Å²) < 4.78 is 5.49. The van der Waals surface area contributed by atoms with Gasteiger partial charge in [-0.25, -0.2) is 4.79 Å².